The Morgan fingerprint density at radius 1 is 1.32 bits per heavy atom. The standard InChI is InChI=1S/C16H14F3N3O2S/c1-9(23)11-6-22(7-11)15(24)20-13-8-25-21-14(13)10-3-2-4-12(5-10)16(17,18)19/h2-5,8,11H,6-7H2,1H3,(H,20,24). The molecule has 0 aliphatic carbocycles. The Hall–Kier alpha value is -2.42. The Balaban J connectivity index is 1.76. The Morgan fingerprint density at radius 3 is 2.68 bits per heavy atom. The van der Waals surface area contributed by atoms with Crippen LogP contribution in [0.25, 0.3) is 11.3 Å². The van der Waals surface area contributed by atoms with Crippen LogP contribution in [0.1, 0.15) is 12.5 Å². The van der Waals surface area contributed by atoms with Gasteiger partial charge in [0.05, 0.1) is 17.2 Å². The second-order valence-electron chi connectivity index (χ2n) is 5.80. The van der Waals surface area contributed by atoms with Crippen molar-refractivity contribution in [3.63, 3.8) is 0 Å². The molecule has 0 unspecified atom stereocenters. The highest BCUT2D eigenvalue weighted by Crippen LogP contribution is 2.35. The van der Waals surface area contributed by atoms with Gasteiger partial charge in [0.25, 0.3) is 0 Å². The summed E-state index contributed by atoms with van der Waals surface area (Å²) in [5.41, 5.74) is 0.132. The van der Waals surface area contributed by atoms with Gasteiger partial charge in [0.15, 0.2) is 0 Å². The van der Waals surface area contributed by atoms with Crippen LogP contribution < -0.4 is 5.32 Å². The molecule has 2 amide bonds. The minimum absolute atomic E-state index is 0.0332. The minimum atomic E-state index is -4.45. The van der Waals surface area contributed by atoms with Crippen molar-refractivity contribution in [2.75, 3.05) is 18.4 Å². The quantitative estimate of drug-likeness (QED) is 0.893. The molecule has 2 heterocycles. The van der Waals surface area contributed by atoms with E-state index in [-0.39, 0.29) is 23.0 Å². The molecule has 25 heavy (non-hydrogen) atoms. The molecule has 0 saturated carbocycles. The summed E-state index contributed by atoms with van der Waals surface area (Å²) in [6, 6.07) is 4.40. The Bertz CT molecular complexity index is 813. The zero-order valence-electron chi connectivity index (χ0n) is 13.1. The number of hydrogen-bond acceptors (Lipinski definition) is 4. The fourth-order valence-electron chi connectivity index (χ4n) is 2.47. The van der Waals surface area contributed by atoms with Gasteiger partial charge in [0.1, 0.15) is 11.5 Å². The molecule has 1 fully saturated rings. The number of amides is 2. The number of urea groups is 1. The monoisotopic (exact) mass is 369 g/mol. The van der Waals surface area contributed by atoms with Crippen LogP contribution in [0.3, 0.4) is 0 Å². The van der Waals surface area contributed by atoms with Gasteiger partial charge in [-0.25, -0.2) is 4.79 Å². The third-order valence-electron chi connectivity index (χ3n) is 4.02. The maximum atomic E-state index is 12.9. The number of nitrogens with zero attached hydrogens (tertiary/aromatic N) is 2. The van der Waals surface area contributed by atoms with Gasteiger partial charge >= 0.3 is 12.2 Å². The lowest BCUT2D eigenvalue weighted by Gasteiger charge is -2.37. The summed E-state index contributed by atoms with van der Waals surface area (Å²) in [5, 5.41) is 4.22. The molecule has 2 aromatic rings. The molecular formula is C16H14F3N3O2S. The van der Waals surface area contributed by atoms with Crippen LogP contribution in [0.4, 0.5) is 23.7 Å². The lowest BCUT2D eigenvalue weighted by Crippen LogP contribution is -2.53. The number of aromatic nitrogens is 1. The number of ketones is 1. The number of nitrogens with one attached hydrogen (secondary N) is 1. The molecule has 5 nitrogen and oxygen atoms in total. The molecule has 0 bridgehead atoms. The summed E-state index contributed by atoms with van der Waals surface area (Å²) < 4.78 is 42.7. The summed E-state index contributed by atoms with van der Waals surface area (Å²) >= 11 is 1.04. The Morgan fingerprint density at radius 2 is 2.04 bits per heavy atom. The van der Waals surface area contributed by atoms with Crippen molar-refractivity contribution < 1.29 is 22.8 Å². The van der Waals surface area contributed by atoms with E-state index in [9.17, 15) is 22.8 Å². The minimum Gasteiger partial charge on any atom is -0.323 e. The van der Waals surface area contributed by atoms with Crippen LogP contribution >= 0.6 is 11.5 Å². The molecule has 3 rings (SSSR count). The van der Waals surface area contributed by atoms with Crippen molar-refractivity contribution in [2.24, 2.45) is 5.92 Å². The van der Waals surface area contributed by atoms with Crippen LogP contribution in [0.15, 0.2) is 29.6 Å². The Labute approximate surface area is 145 Å². The summed E-state index contributed by atoms with van der Waals surface area (Å²) in [7, 11) is 0. The van der Waals surface area contributed by atoms with Crippen molar-refractivity contribution in [1.29, 1.82) is 0 Å². The summed E-state index contributed by atoms with van der Waals surface area (Å²) in [4.78, 5) is 24.8. The van der Waals surface area contributed by atoms with Crippen LogP contribution in [-0.4, -0.2) is 34.2 Å². The number of carbonyl (C=O) groups excluding carboxylic acids is 2. The SMILES string of the molecule is CC(=O)C1CN(C(=O)Nc2csnc2-c2cccc(C(F)(F)F)c2)C1. The first-order chi connectivity index (χ1) is 11.8. The molecule has 1 aliphatic rings. The average molecular weight is 369 g/mol. The largest absolute Gasteiger partial charge is 0.416 e. The molecule has 1 N–H and O–H groups in total. The van der Waals surface area contributed by atoms with Crippen molar-refractivity contribution in [2.45, 2.75) is 13.1 Å². The molecule has 132 valence electrons. The van der Waals surface area contributed by atoms with E-state index in [0.29, 0.717) is 18.8 Å². The zero-order chi connectivity index (χ0) is 18.2. The molecule has 9 heteroatoms. The lowest BCUT2D eigenvalue weighted by atomic mass is 9.97. The van der Waals surface area contributed by atoms with E-state index in [4.69, 9.17) is 0 Å². The number of Topliss-reactive ketones (excluding diaryl/α,β-unsaturated/α-hetero) is 1. The second kappa shape index (κ2) is 6.47. The van der Waals surface area contributed by atoms with Gasteiger partial charge in [0, 0.05) is 24.0 Å². The van der Waals surface area contributed by atoms with E-state index >= 15 is 0 Å². The van der Waals surface area contributed by atoms with Crippen molar-refractivity contribution in [1.82, 2.24) is 9.27 Å². The average Bonchev–Trinajstić information content (AvgIpc) is 2.92. The third-order valence-corrected chi connectivity index (χ3v) is 4.65. The van der Waals surface area contributed by atoms with Gasteiger partial charge in [-0.15, -0.1) is 0 Å². The number of benzene rings is 1. The number of rotatable bonds is 3. The summed E-state index contributed by atoms with van der Waals surface area (Å²) in [5.74, 6) is -0.111. The van der Waals surface area contributed by atoms with Gasteiger partial charge in [-0.2, -0.15) is 17.5 Å². The molecule has 0 atom stereocenters. The van der Waals surface area contributed by atoms with E-state index in [1.54, 1.807) is 5.38 Å². The molecule has 1 aliphatic heterocycles. The van der Waals surface area contributed by atoms with Crippen LogP contribution in [0.5, 0.6) is 0 Å². The van der Waals surface area contributed by atoms with Crippen LogP contribution in [0, 0.1) is 5.92 Å². The zero-order valence-corrected chi connectivity index (χ0v) is 13.9. The normalized spacial score (nSPS) is 15.0. The fourth-order valence-corrected chi connectivity index (χ4v) is 3.11. The van der Waals surface area contributed by atoms with Crippen molar-refractivity contribution in [3.05, 3.63) is 35.2 Å². The van der Waals surface area contributed by atoms with Gasteiger partial charge < -0.3 is 10.2 Å². The maximum absolute atomic E-state index is 12.9. The highest BCUT2D eigenvalue weighted by Gasteiger charge is 2.34. The molecule has 0 spiro atoms. The van der Waals surface area contributed by atoms with Gasteiger partial charge in [0.2, 0.25) is 0 Å². The smallest absolute Gasteiger partial charge is 0.323 e. The van der Waals surface area contributed by atoms with Crippen LogP contribution in [-0.2, 0) is 11.0 Å². The van der Waals surface area contributed by atoms with E-state index in [1.165, 1.54) is 24.0 Å². The number of hydrogen-bond donors (Lipinski definition) is 1. The highest BCUT2D eigenvalue weighted by atomic mass is 32.1. The number of carbonyl (C=O) groups is 2. The molecular weight excluding hydrogens is 355 g/mol. The highest BCUT2D eigenvalue weighted by molar-refractivity contribution is 7.04. The maximum Gasteiger partial charge on any atom is 0.416 e. The second-order valence-corrected chi connectivity index (χ2v) is 6.43. The molecule has 1 aromatic carbocycles. The number of anilines is 1. The number of alkyl halides is 3. The topological polar surface area (TPSA) is 62.3 Å². The van der Waals surface area contributed by atoms with Gasteiger partial charge in [-0.3, -0.25) is 4.79 Å². The molecule has 1 aromatic heterocycles. The van der Waals surface area contributed by atoms with Gasteiger partial charge in [-0.05, 0) is 30.6 Å². The third kappa shape index (κ3) is 3.65. The lowest BCUT2D eigenvalue weighted by molar-refractivity contribution is -0.137. The number of likely N-dealkylation sites (tertiary alicyclic amines) is 1. The van der Waals surface area contributed by atoms with Crippen molar-refractivity contribution >= 4 is 29.0 Å². The summed E-state index contributed by atoms with van der Waals surface area (Å²) in [6.45, 7) is 2.17. The Kier molecular flexibility index (Phi) is 4.51. The van der Waals surface area contributed by atoms with Crippen LogP contribution in [0.2, 0.25) is 0 Å². The van der Waals surface area contributed by atoms with E-state index in [0.717, 1.165) is 23.7 Å². The fraction of sp³-hybridized carbons (Fsp3) is 0.312. The number of halogens is 3. The predicted octanol–water partition coefficient (Wildman–Crippen LogP) is 3.88. The predicted molar refractivity (Wildman–Crippen MR) is 87.3 cm³/mol. The van der Waals surface area contributed by atoms with Gasteiger partial charge in [-0.1, -0.05) is 12.1 Å². The van der Waals surface area contributed by atoms with E-state index < -0.39 is 17.8 Å². The van der Waals surface area contributed by atoms with E-state index in [1.807, 2.05) is 0 Å². The molecule has 0 radical (unpaired) electrons. The van der Waals surface area contributed by atoms with Crippen molar-refractivity contribution in [3.8, 4) is 11.3 Å². The molecule has 1 saturated heterocycles. The van der Waals surface area contributed by atoms with E-state index in [2.05, 4.69) is 9.69 Å². The summed E-state index contributed by atoms with van der Waals surface area (Å²) in [6.07, 6.45) is -4.45. The first-order valence-corrected chi connectivity index (χ1v) is 8.27. The first-order valence-electron chi connectivity index (χ1n) is 7.44. The first kappa shape index (κ1) is 17.4.